The van der Waals surface area contributed by atoms with Gasteiger partial charge in [0, 0.05) is 36.1 Å². The number of carbonyl (C=O) groups is 2. The van der Waals surface area contributed by atoms with Crippen molar-refractivity contribution in [3.63, 3.8) is 0 Å². The number of nitrogens with zero attached hydrogens (tertiary/aromatic N) is 3. The molecular weight excluding hydrogens is 410 g/mol. The molecule has 0 saturated carbocycles. The number of nitrogens with one attached hydrogen (secondary N) is 1. The van der Waals surface area contributed by atoms with Gasteiger partial charge in [-0.05, 0) is 35.9 Å². The van der Waals surface area contributed by atoms with Gasteiger partial charge in [-0.25, -0.2) is 9.97 Å². The molecule has 31 heavy (non-hydrogen) atoms. The van der Waals surface area contributed by atoms with Crippen LogP contribution in [-0.4, -0.2) is 35.4 Å². The zero-order valence-electron chi connectivity index (χ0n) is 16.9. The second-order valence-corrected chi connectivity index (χ2v) is 8.08. The number of hydrogen-bond acceptors (Lipinski definition) is 6. The minimum atomic E-state index is -0.500. The lowest BCUT2D eigenvalue weighted by Crippen LogP contribution is -2.24. The van der Waals surface area contributed by atoms with Gasteiger partial charge in [-0.2, -0.15) is 0 Å². The molecule has 3 N–H and O–H groups in total. The normalized spacial score (nSPS) is 10.7. The van der Waals surface area contributed by atoms with Crippen molar-refractivity contribution < 1.29 is 9.59 Å². The van der Waals surface area contributed by atoms with Crippen LogP contribution in [0.5, 0.6) is 0 Å². The average Bonchev–Trinajstić information content (AvgIpc) is 3.23. The Balaban J connectivity index is 1.43. The van der Waals surface area contributed by atoms with Gasteiger partial charge < -0.3 is 16.0 Å². The Morgan fingerprint density at radius 2 is 1.81 bits per heavy atom. The predicted octanol–water partition coefficient (Wildman–Crippen LogP) is 3.92. The fourth-order valence-electron chi connectivity index (χ4n) is 3.21. The van der Waals surface area contributed by atoms with Crippen LogP contribution in [0.3, 0.4) is 0 Å². The molecule has 0 aliphatic rings. The van der Waals surface area contributed by atoms with Crippen LogP contribution in [0.4, 0.5) is 11.5 Å². The van der Waals surface area contributed by atoms with Gasteiger partial charge in [0.2, 0.25) is 11.8 Å². The third-order valence-corrected chi connectivity index (χ3v) is 5.95. The SMILES string of the molecule is CN(CCC(=O)Nc1ccc(C(N)=O)cc1)c1ncnc2sc(-c3ccccc3)cc12. The summed E-state index contributed by atoms with van der Waals surface area (Å²) in [4.78, 5) is 36.4. The zero-order valence-corrected chi connectivity index (χ0v) is 17.7. The minimum absolute atomic E-state index is 0.126. The number of hydrogen-bond donors (Lipinski definition) is 2. The van der Waals surface area contributed by atoms with E-state index in [1.807, 2.05) is 30.1 Å². The fraction of sp³-hybridized carbons (Fsp3) is 0.130. The van der Waals surface area contributed by atoms with Gasteiger partial charge >= 0.3 is 0 Å². The molecular formula is C23H21N5O2S. The van der Waals surface area contributed by atoms with Crippen molar-refractivity contribution in [3.8, 4) is 10.4 Å². The molecule has 4 aromatic rings. The van der Waals surface area contributed by atoms with E-state index in [2.05, 4.69) is 33.5 Å². The van der Waals surface area contributed by atoms with Gasteiger partial charge in [-0.15, -0.1) is 11.3 Å². The molecule has 0 spiro atoms. The van der Waals surface area contributed by atoms with Crippen LogP contribution in [-0.2, 0) is 4.79 Å². The first-order chi connectivity index (χ1) is 15.0. The molecule has 0 radical (unpaired) electrons. The largest absolute Gasteiger partial charge is 0.366 e. The Bertz CT molecular complexity index is 1220. The standard InChI is InChI=1S/C23H21N5O2S/c1-28(12-11-20(29)27-17-9-7-16(8-10-17)21(24)30)22-18-13-19(15-5-3-2-4-6-15)31-23(18)26-14-25-22/h2-10,13-14H,11-12H2,1H3,(H2,24,30)(H,27,29). The van der Waals surface area contributed by atoms with Crippen molar-refractivity contribution in [2.45, 2.75) is 6.42 Å². The molecule has 0 aliphatic carbocycles. The van der Waals surface area contributed by atoms with Crippen LogP contribution in [0.2, 0.25) is 0 Å². The summed E-state index contributed by atoms with van der Waals surface area (Å²) in [5.41, 5.74) is 7.39. The van der Waals surface area contributed by atoms with E-state index in [1.54, 1.807) is 41.9 Å². The van der Waals surface area contributed by atoms with Crippen LogP contribution in [0, 0.1) is 0 Å². The Kier molecular flexibility index (Phi) is 5.90. The molecule has 0 unspecified atom stereocenters. The maximum atomic E-state index is 12.4. The van der Waals surface area contributed by atoms with Gasteiger partial charge in [0.15, 0.2) is 0 Å². The molecule has 2 aromatic heterocycles. The van der Waals surface area contributed by atoms with Crippen molar-refractivity contribution in [1.29, 1.82) is 0 Å². The topological polar surface area (TPSA) is 101 Å². The Morgan fingerprint density at radius 3 is 2.52 bits per heavy atom. The maximum absolute atomic E-state index is 12.4. The van der Waals surface area contributed by atoms with E-state index < -0.39 is 5.91 Å². The van der Waals surface area contributed by atoms with E-state index in [4.69, 9.17) is 5.73 Å². The average molecular weight is 432 g/mol. The quantitative estimate of drug-likeness (QED) is 0.462. The third kappa shape index (κ3) is 4.70. The molecule has 0 aliphatic heterocycles. The second-order valence-electron chi connectivity index (χ2n) is 7.05. The summed E-state index contributed by atoms with van der Waals surface area (Å²) < 4.78 is 0. The highest BCUT2D eigenvalue weighted by atomic mass is 32.1. The van der Waals surface area contributed by atoms with Crippen molar-refractivity contribution in [3.05, 3.63) is 72.6 Å². The molecule has 7 nitrogen and oxygen atoms in total. The molecule has 0 bridgehead atoms. The van der Waals surface area contributed by atoms with Gasteiger partial charge in [0.1, 0.15) is 17.0 Å². The highest BCUT2D eigenvalue weighted by Crippen LogP contribution is 2.35. The summed E-state index contributed by atoms with van der Waals surface area (Å²) in [5, 5.41) is 3.80. The summed E-state index contributed by atoms with van der Waals surface area (Å²) in [6.07, 6.45) is 1.84. The minimum Gasteiger partial charge on any atom is -0.366 e. The summed E-state index contributed by atoms with van der Waals surface area (Å²) in [6.45, 7) is 0.494. The van der Waals surface area contributed by atoms with Gasteiger partial charge in [0.25, 0.3) is 0 Å². The van der Waals surface area contributed by atoms with Gasteiger partial charge in [0.05, 0.1) is 5.39 Å². The van der Waals surface area contributed by atoms with E-state index in [1.165, 1.54) is 0 Å². The number of aromatic nitrogens is 2. The van der Waals surface area contributed by atoms with Crippen LogP contribution in [0.15, 0.2) is 67.0 Å². The van der Waals surface area contributed by atoms with Crippen molar-refractivity contribution in [2.75, 3.05) is 23.8 Å². The summed E-state index contributed by atoms with van der Waals surface area (Å²) in [5.74, 6) is 0.167. The molecule has 8 heteroatoms. The number of primary amides is 1. The van der Waals surface area contributed by atoms with Gasteiger partial charge in [-0.3, -0.25) is 9.59 Å². The molecule has 0 fully saturated rings. The number of thiophene rings is 1. The lowest BCUT2D eigenvalue weighted by molar-refractivity contribution is -0.116. The summed E-state index contributed by atoms with van der Waals surface area (Å²) >= 11 is 1.62. The van der Waals surface area contributed by atoms with E-state index in [-0.39, 0.29) is 12.3 Å². The van der Waals surface area contributed by atoms with Crippen LogP contribution in [0.1, 0.15) is 16.8 Å². The first-order valence-corrected chi connectivity index (χ1v) is 10.5. The third-order valence-electron chi connectivity index (χ3n) is 4.86. The van der Waals surface area contributed by atoms with Crippen molar-refractivity contribution in [2.24, 2.45) is 5.73 Å². The van der Waals surface area contributed by atoms with Gasteiger partial charge in [-0.1, -0.05) is 30.3 Å². The van der Waals surface area contributed by atoms with Crippen LogP contribution in [0.25, 0.3) is 20.7 Å². The predicted molar refractivity (Wildman–Crippen MR) is 124 cm³/mol. The highest BCUT2D eigenvalue weighted by Gasteiger charge is 2.14. The first-order valence-electron chi connectivity index (χ1n) is 9.72. The van der Waals surface area contributed by atoms with E-state index in [9.17, 15) is 9.59 Å². The monoisotopic (exact) mass is 431 g/mol. The van der Waals surface area contributed by atoms with E-state index in [0.717, 1.165) is 26.5 Å². The summed E-state index contributed by atoms with van der Waals surface area (Å²) in [6, 6.07) is 18.7. The molecule has 2 amide bonds. The number of fused-ring (bicyclic) bond motifs is 1. The molecule has 0 saturated heterocycles. The maximum Gasteiger partial charge on any atom is 0.248 e. The Hall–Kier alpha value is -3.78. The van der Waals surface area contributed by atoms with Crippen LogP contribution < -0.4 is 16.0 Å². The molecule has 156 valence electrons. The molecule has 0 atom stereocenters. The number of carbonyl (C=O) groups excluding carboxylic acids is 2. The zero-order chi connectivity index (χ0) is 21.8. The smallest absolute Gasteiger partial charge is 0.248 e. The fourth-order valence-corrected chi connectivity index (χ4v) is 4.21. The molecule has 2 heterocycles. The first kappa shape index (κ1) is 20.5. The summed E-state index contributed by atoms with van der Waals surface area (Å²) in [7, 11) is 1.91. The van der Waals surface area contributed by atoms with Crippen molar-refractivity contribution in [1.82, 2.24) is 9.97 Å². The highest BCUT2D eigenvalue weighted by molar-refractivity contribution is 7.21. The Morgan fingerprint density at radius 1 is 1.06 bits per heavy atom. The van der Waals surface area contributed by atoms with Crippen LogP contribution >= 0.6 is 11.3 Å². The number of rotatable bonds is 7. The lowest BCUT2D eigenvalue weighted by Gasteiger charge is -2.18. The van der Waals surface area contributed by atoms with Crippen molar-refractivity contribution >= 4 is 44.9 Å². The van der Waals surface area contributed by atoms with E-state index in [0.29, 0.717) is 17.8 Å². The lowest BCUT2D eigenvalue weighted by atomic mass is 10.2. The number of nitrogens with two attached hydrogens (primary N) is 1. The number of amides is 2. The van der Waals surface area contributed by atoms with E-state index >= 15 is 0 Å². The number of benzene rings is 2. The Labute approximate surface area is 183 Å². The number of anilines is 2. The molecule has 2 aromatic carbocycles. The molecule has 4 rings (SSSR count). The second kappa shape index (κ2) is 8.93.